The molecule has 1 heterocycles. The van der Waals surface area contributed by atoms with Crippen molar-refractivity contribution < 1.29 is 8.42 Å². The van der Waals surface area contributed by atoms with Gasteiger partial charge in [-0.25, -0.2) is 0 Å². The Bertz CT molecular complexity index is 322. The van der Waals surface area contributed by atoms with E-state index in [9.17, 15) is 8.42 Å². The first kappa shape index (κ1) is 8.99. The molecule has 0 amide bonds. The van der Waals surface area contributed by atoms with Crippen LogP contribution in [0.15, 0.2) is 24.5 Å². The van der Waals surface area contributed by atoms with Gasteiger partial charge in [0.05, 0.1) is 0 Å². The Morgan fingerprint density at radius 3 is 2.73 bits per heavy atom. The molecule has 0 aliphatic heterocycles. The molecule has 5 heteroatoms. The third kappa shape index (κ3) is 3.71. The summed E-state index contributed by atoms with van der Waals surface area (Å²) in [6.07, 6.45) is 4.56. The summed E-state index contributed by atoms with van der Waals surface area (Å²) in [6, 6.07) is 3.58. The molecule has 0 atom stereocenters. The zero-order valence-corrected chi connectivity index (χ0v) is 9.65. The molecule has 2 radical (unpaired) electrons. The standard InChI is InChI=1S/C5H4N.CH3O2S.Sn/c1-2-4-6-5-3-1;1-4(2)3;/h1-2,4-5H;1H3;. The van der Waals surface area contributed by atoms with E-state index in [1.807, 2.05) is 6.07 Å². The van der Waals surface area contributed by atoms with Crippen LogP contribution in [0.1, 0.15) is 0 Å². The molecular formula is C6H7NO2SSn. The van der Waals surface area contributed by atoms with Crippen LogP contribution in [0.4, 0.5) is 0 Å². The van der Waals surface area contributed by atoms with Gasteiger partial charge >= 0.3 is 74.5 Å². The van der Waals surface area contributed by atoms with Crippen molar-refractivity contribution in [3.63, 3.8) is 0 Å². The van der Waals surface area contributed by atoms with Crippen LogP contribution in [0.25, 0.3) is 0 Å². The average Bonchev–Trinajstić information content (AvgIpc) is 1.85. The van der Waals surface area contributed by atoms with E-state index in [0.717, 1.165) is 3.58 Å². The summed E-state index contributed by atoms with van der Waals surface area (Å²) in [5.41, 5.74) is 0. The molecule has 0 saturated heterocycles. The Morgan fingerprint density at radius 2 is 2.27 bits per heavy atom. The van der Waals surface area contributed by atoms with Gasteiger partial charge < -0.3 is 0 Å². The second-order valence-corrected chi connectivity index (χ2v) is 13.6. The van der Waals surface area contributed by atoms with Crippen molar-refractivity contribution in [1.29, 1.82) is 0 Å². The summed E-state index contributed by atoms with van der Waals surface area (Å²) in [5.74, 6) is 0. The summed E-state index contributed by atoms with van der Waals surface area (Å²) in [4.78, 5) is 3.85. The summed E-state index contributed by atoms with van der Waals surface area (Å²) in [5, 5.41) is 0. The number of pyridine rings is 1. The van der Waals surface area contributed by atoms with Gasteiger partial charge in [0.25, 0.3) is 0 Å². The second-order valence-electron chi connectivity index (χ2n) is 2.12. The van der Waals surface area contributed by atoms with Crippen molar-refractivity contribution in [2.75, 3.05) is 6.26 Å². The predicted octanol–water partition coefficient (Wildman–Crippen LogP) is -0.629. The van der Waals surface area contributed by atoms with Gasteiger partial charge in [-0.1, -0.05) is 0 Å². The molecule has 1 aromatic heterocycles. The maximum atomic E-state index is 10.8. The molecule has 0 unspecified atom stereocenters. The van der Waals surface area contributed by atoms with Crippen LogP contribution in [-0.4, -0.2) is 39.4 Å². The van der Waals surface area contributed by atoms with Crippen molar-refractivity contribution in [3.8, 4) is 0 Å². The van der Waals surface area contributed by atoms with Gasteiger partial charge in [-0.3, -0.25) is 0 Å². The molecule has 11 heavy (non-hydrogen) atoms. The van der Waals surface area contributed by atoms with E-state index in [4.69, 9.17) is 0 Å². The van der Waals surface area contributed by atoms with Gasteiger partial charge in [0.2, 0.25) is 0 Å². The third-order valence-corrected chi connectivity index (χ3v) is 7.61. The first-order chi connectivity index (χ1) is 5.08. The molecule has 0 aromatic carbocycles. The van der Waals surface area contributed by atoms with Crippen molar-refractivity contribution in [2.24, 2.45) is 0 Å². The van der Waals surface area contributed by atoms with Crippen LogP contribution >= 0.6 is 0 Å². The van der Waals surface area contributed by atoms with Gasteiger partial charge in [-0.15, -0.1) is 0 Å². The van der Waals surface area contributed by atoms with Gasteiger partial charge in [0.15, 0.2) is 0 Å². The van der Waals surface area contributed by atoms with E-state index >= 15 is 0 Å². The molecule has 1 rings (SSSR count). The van der Waals surface area contributed by atoms with E-state index in [-0.39, 0.29) is 0 Å². The zero-order valence-electron chi connectivity index (χ0n) is 5.98. The molecule has 0 fully saturated rings. The first-order valence-corrected chi connectivity index (χ1v) is 9.77. The fourth-order valence-corrected chi connectivity index (χ4v) is 6.37. The van der Waals surface area contributed by atoms with Gasteiger partial charge in [-0.2, -0.15) is 0 Å². The minimum atomic E-state index is -2.75. The molecule has 0 N–H and O–H groups in total. The minimum absolute atomic E-state index is 0.901. The quantitative estimate of drug-likeness (QED) is 0.676. The van der Waals surface area contributed by atoms with Crippen molar-refractivity contribution in [3.05, 3.63) is 24.5 Å². The maximum absolute atomic E-state index is 10.8. The van der Waals surface area contributed by atoms with E-state index in [1.54, 1.807) is 18.5 Å². The molecular weight excluding hydrogens is 269 g/mol. The Kier molecular flexibility index (Phi) is 2.89. The SMILES string of the molecule is C[S](=O)(=O)[Sn][c]1cccnc1. The Labute approximate surface area is 74.4 Å². The Morgan fingerprint density at radius 1 is 1.55 bits per heavy atom. The fourth-order valence-electron chi connectivity index (χ4n) is 0.637. The van der Waals surface area contributed by atoms with Crippen LogP contribution in [0.2, 0.25) is 0 Å². The predicted molar refractivity (Wildman–Crippen MR) is 44.5 cm³/mol. The van der Waals surface area contributed by atoms with Crippen molar-refractivity contribution >= 4 is 30.4 Å². The molecule has 58 valence electrons. The van der Waals surface area contributed by atoms with Gasteiger partial charge in [0, 0.05) is 0 Å². The van der Waals surface area contributed by atoms with E-state index in [2.05, 4.69) is 4.98 Å². The number of hydrogen-bond acceptors (Lipinski definition) is 3. The Balaban J connectivity index is 2.82. The fraction of sp³-hybridized carbons (Fsp3) is 0.167. The average molecular weight is 276 g/mol. The summed E-state index contributed by atoms with van der Waals surface area (Å²) < 4.78 is 22.6. The summed E-state index contributed by atoms with van der Waals surface area (Å²) in [7, 11) is -2.75. The molecule has 0 spiro atoms. The van der Waals surface area contributed by atoms with Crippen LogP contribution in [0, 0.1) is 0 Å². The Hall–Kier alpha value is -0.101. The van der Waals surface area contributed by atoms with Gasteiger partial charge in [-0.05, 0) is 0 Å². The van der Waals surface area contributed by atoms with E-state index in [0.29, 0.717) is 0 Å². The third-order valence-electron chi connectivity index (χ3n) is 0.965. The number of nitrogens with zero attached hydrogens (tertiary/aromatic N) is 1. The van der Waals surface area contributed by atoms with Crippen molar-refractivity contribution in [1.82, 2.24) is 4.98 Å². The number of aromatic nitrogens is 1. The molecule has 1 aromatic rings. The van der Waals surface area contributed by atoms with Gasteiger partial charge in [0.1, 0.15) is 0 Å². The monoisotopic (exact) mass is 277 g/mol. The van der Waals surface area contributed by atoms with E-state index < -0.39 is 26.8 Å². The normalized spacial score (nSPS) is 11.4. The van der Waals surface area contributed by atoms with E-state index in [1.165, 1.54) is 6.26 Å². The molecule has 3 nitrogen and oxygen atoms in total. The molecule has 0 bridgehead atoms. The van der Waals surface area contributed by atoms with Crippen LogP contribution in [0.5, 0.6) is 0 Å². The number of hydrogen-bond donors (Lipinski definition) is 0. The van der Waals surface area contributed by atoms with Crippen LogP contribution in [-0.2, 0) is 7.02 Å². The van der Waals surface area contributed by atoms with Crippen LogP contribution < -0.4 is 3.58 Å². The first-order valence-electron chi connectivity index (χ1n) is 2.96. The molecule has 0 aliphatic rings. The molecule has 0 aliphatic carbocycles. The number of rotatable bonds is 2. The molecule has 0 saturated carbocycles. The topological polar surface area (TPSA) is 47.0 Å². The zero-order chi connectivity index (χ0) is 8.32. The summed E-state index contributed by atoms with van der Waals surface area (Å²) >= 11 is -1.44. The second kappa shape index (κ2) is 3.53. The van der Waals surface area contributed by atoms with Crippen LogP contribution in [0.3, 0.4) is 0 Å². The van der Waals surface area contributed by atoms with Crippen molar-refractivity contribution in [2.45, 2.75) is 0 Å². The summed E-state index contributed by atoms with van der Waals surface area (Å²) in [6.45, 7) is 0.